The van der Waals surface area contributed by atoms with E-state index < -0.39 is 0 Å². The van der Waals surface area contributed by atoms with Crippen LogP contribution in [0, 0.1) is 5.92 Å². The summed E-state index contributed by atoms with van der Waals surface area (Å²) in [5.41, 5.74) is 2.13. The van der Waals surface area contributed by atoms with Crippen LogP contribution in [0.1, 0.15) is 35.0 Å². The Labute approximate surface area is 141 Å². The summed E-state index contributed by atoms with van der Waals surface area (Å²) >= 11 is 0. The van der Waals surface area contributed by atoms with Crippen molar-refractivity contribution in [3.63, 3.8) is 0 Å². The molecular weight excluding hydrogens is 304 g/mol. The number of hydrogen-bond donors (Lipinski definition) is 2. The molecule has 0 spiro atoms. The summed E-state index contributed by atoms with van der Waals surface area (Å²) in [4.78, 5) is 26.7. The van der Waals surface area contributed by atoms with Gasteiger partial charge in [-0.3, -0.25) is 9.59 Å². The molecule has 2 N–H and O–H groups in total. The summed E-state index contributed by atoms with van der Waals surface area (Å²) in [5, 5.41) is 2.96. The second-order valence-corrected chi connectivity index (χ2v) is 6.14. The van der Waals surface area contributed by atoms with E-state index in [0.29, 0.717) is 31.1 Å². The number of carbonyl (C=O) groups excluding carboxylic acids is 1. The summed E-state index contributed by atoms with van der Waals surface area (Å²) in [5.74, 6) is 1.06. The van der Waals surface area contributed by atoms with E-state index in [4.69, 9.17) is 4.74 Å². The molecule has 3 rings (SSSR count). The van der Waals surface area contributed by atoms with E-state index in [2.05, 4.69) is 16.4 Å². The van der Waals surface area contributed by atoms with Gasteiger partial charge in [0.2, 0.25) is 5.56 Å². The topological polar surface area (TPSA) is 71.2 Å². The number of ether oxygens (including phenoxy) is 1. The first-order chi connectivity index (χ1) is 11.7. The number of nitrogens with one attached hydrogen (secondary N) is 2. The van der Waals surface area contributed by atoms with Crippen LogP contribution in [0.4, 0.5) is 0 Å². The van der Waals surface area contributed by atoms with Gasteiger partial charge in [-0.25, -0.2) is 0 Å². The smallest absolute Gasteiger partial charge is 0.251 e. The van der Waals surface area contributed by atoms with Gasteiger partial charge in [-0.2, -0.15) is 0 Å². The molecule has 0 saturated carbocycles. The molecule has 1 amide bonds. The van der Waals surface area contributed by atoms with E-state index in [1.165, 1.54) is 11.6 Å². The van der Waals surface area contributed by atoms with Gasteiger partial charge in [0.05, 0.1) is 6.61 Å². The molecule has 1 atom stereocenters. The number of hydrogen-bond acceptors (Lipinski definition) is 3. The molecule has 1 aromatic heterocycles. The van der Waals surface area contributed by atoms with Crippen molar-refractivity contribution in [3.8, 4) is 5.75 Å². The van der Waals surface area contributed by atoms with Crippen LogP contribution in [-0.2, 0) is 12.8 Å². The first-order valence-electron chi connectivity index (χ1n) is 8.38. The van der Waals surface area contributed by atoms with E-state index in [0.717, 1.165) is 24.3 Å². The van der Waals surface area contributed by atoms with E-state index in [9.17, 15) is 9.59 Å². The maximum absolute atomic E-state index is 12.3. The minimum atomic E-state index is -0.240. The van der Waals surface area contributed by atoms with Gasteiger partial charge in [-0.15, -0.1) is 0 Å². The number of aryl methyl sites for hydroxylation is 1. The Hall–Kier alpha value is -2.56. The SMILES string of the molecule is CCc1cc(C(=O)NC[C@H]2CCOc3ccccc3C2)cc(=O)[nH]1. The van der Waals surface area contributed by atoms with Gasteiger partial charge >= 0.3 is 0 Å². The summed E-state index contributed by atoms with van der Waals surface area (Å²) in [6.07, 6.45) is 2.46. The number of aromatic amines is 1. The highest BCUT2D eigenvalue weighted by atomic mass is 16.5. The lowest BCUT2D eigenvalue weighted by Crippen LogP contribution is -2.31. The molecule has 24 heavy (non-hydrogen) atoms. The maximum Gasteiger partial charge on any atom is 0.251 e. The predicted molar refractivity (Wildman–Crippen MR) is 92.5 cm³/mol. The molecule has 5 nitrogen and oxygen atoms in total. The normalized spacial score (nSPS) is 16.6. The number of pyridine rings is 1. The van der Waals surface area contributed by atoms with Crippen molar-refractivity contribution in [2.75, 3.05) is 13.2 Å². The number of carbonyl (C=O) groups is 1. The summed E-state index contributed by atoms with van der Waals surface area (Å²) in [7, 11) is 0. The molecule has 2 heterocycles. The van der Waals surface area contributed by atoms with E-state index in [-0.39, 0.29) is 11.5 Å². The van der Waals surface area contributed by atoms with Crippen LogP contribution in [-0.4, -0.2) is 24.0 Å². The molecule has 0 aliphatic carbocycles. The van der Waals surface area contributed by atoms with Crippen LogP contribution in [0.2, 0.25) is 0 Å². The fraction of sp³-hybridized carbons (Fsp3) is 0.368. The summed E-state index contributed by atoms with van der Waals surface area (Å²) < 4.78 is 5.76. The number of aromatic nitrogens is 1. The fourth-order valence-corrected chi connectivity index (χ4v) is 3.00. The maximum atomic E-state index is 12.3. The van der Waals surface area contributed by atoms with Crippen LogP contribution in [0.3, 0.4) is 0 Å². The van der Waals surface area contributed by atoms with E-state index in [1.54, 1.807) is 6.07 Å². The van der Waals surface area contributed by atoms with Crippen molar-refractivity contribution in [1.29, 1.82) is 0 Å². The number of H-pyrrole nitrogens is 1. The van der Waals surface area contributed by atoms with Crippen LogP contribution >= 0.6 is 0 Å². The Morgan fingerprint density at radius 2 is 2.17 bits per heavy atom. The summed E-state index contributed by atoms with van der Waals surface area (Å²) in [6.45, 7) is 3.17. The Morgan fingerprint density at radius 3 is 3.00 bits per heavy atom. The van der Waals surface area contributed by atoms with E-state index in [1.807, 2.05) is 25.1 Å². The number of fused-ring (bicyclic) bond motifs is 1. The third-order valence-corrected chi connectivity index (χ3v) is 4.36. The molecule has 0 radical (unpaired) electrons. The number of benzene rings is 1. The Balaban J connectivity index is 1.64. The average molecular weight is 326 g/mol. The molecule has 0 bridgehead atoms. The van der Waals surface area contributed by atoms with Crippen LogP contribution in [0.5, 0.6) is 5.75 Å². The van der Waals surface area contributed by atoms with Crippen molar-refractivity contribution in [1.82, 2.24) is 10.3 Å². The van der Waals surface area contributed by atoms with Crippen LogP contribution in [0.25, 0.3) is 0 Å². The van der Waals surface area contributed by atoms with Gasteiger partial charge in [-0.05, 0) is 42.9 Å². The molecule has 126 valence electrons. The van der Waals surface area contributed by atoms with Crippen molar-refractivity contribution >= 4 is 5.91 Å². The van der Waals surface area contributed by atoms with Gasteiger partial charge in [0.1, 0.15) is 5.75 Å². The Kier molecular flexibility index (Phi) is 4.99. The molecule has 1 aliphatic heterocycles. The van der Waals surface area contributed by atoms with Gasteiger partial charge in [-0.1, -0.05) is 25.1 Å². The molecule has 2 aromatic rings. The standard InChI is InChI=1S/C19H22N2O3/c1-2-16-10-15(11-18(22)21-16)19(23)20-12-13-7-8-24-17-6-4-3-5-14(17)9-13/h3-6,10-11,13H,2,7-9,12H2,1H3,(H,20,23)(H,21,22)/t13-/m0/s1. The average Bonchev–Trinajstić information content (AvgIpc) is 2.80. The first kappa shape index (κ1) is 16.3. The van der Waals surface area contributed by atoms with Crippen molar-refractivity contribution in [2.24, 2.45) is 5.92 Å². The zero-order chi connectivity index (χ0) is 16.9. The minimum absolute atomic E-state index is 0.200. The van der Waals surface area contributed by atoms with Gasteiger partial charge in [0.15, 0.2) is 0 Å². The minimum Gasteiger partial charge on any atom is -0.493 e. The van der Waals surface area contributed by atoms with Gasteiger partial charge in [0, 0.05) is 23.9 Å². The zero-order valence-electron chi connectivity index (χ0n) is 13.8. The lowest BCUT2D eigenvalue weighted by molar-refractivity contribution is 0.0945. The highest BCUT2D eigenvalue weighted by molar-refractivity contribution is 5.94. The third kappa shape index (κ3) is 3.85. The predicted octanol–water partition coefficient (Wildman–Crippen LogP) is 2.31. The molecule has 1 aromatic carbocycles. The first-order valence-corrected chi connectivity index (χ1v) is 8.38. The van der Waals surface area contributed by atoms with Crippen molar-refractivity contribution in [2.45, 2.75) is 26.2 Å². The van der Waals surface area contributed by atoms with Gasteiger partial charge in [0.25, 0.3) is 5.91 Å². The molecular formula is C19H22N2O3. The Bertz CT molecular complexity index is 782. The zero-order valence-corrected chi connectivity index (χ0v) is 13.8. The number of para-hydroxylation sites is 1. The monoisotopic (exact) mass is 326 g/mol. The highest BCUT2D eigenvalue weighted by Gasteiger charge is 2.18. The largest absolute Gasteiger partial charge is 0.493 e. The number of rotatable bonds is 4. The highest BCUT2D eigenvalue weighted by Crippen LogP contribution is 2.26. The third-order valence-electron chi connectivity index (χ3n) is 4.36. The quantitative estimate of drug-likeness (QED) is 0.906. The molecule has 0 saturated heterocycles. The van der Waals surface area contributed by atoms with Crippen molar-refractivity contribution in [3.05, 3.63) is 63.6 Å². The van der Waals surface area contributed by atoms with E-state index >= 15 is 0 Å². The lowest BCUT2D eigenvalue weighted by atomic mass is 9.97. The van der Waals surface area contributed by atoms with Crippen LogP contribution < -0.4 is 15.6 Å². The second kappa shape index (κ2) is 7.34. The molecule has 0 unspecified atom stereocenters. The van der Waals surface area contributed by atoms with Crippen LogP contribution in [0.15, 0.2) is 41.2 Å². The number of amides is 1. The van der Waals surface area contributed by atoms with Gasteiger partial charge < -0.3 is 15.0 Å². The Morgan fingerprint density at radius 1 is 1.33 bits per heavy atom. The molecule has 1 aliphatic rings. The second-order valence-electron chi connectivity index (χ2n) is 6.14. The molecule has 5 heteroatoms. The van der Waals surface area contributed by atoms with Crippen molar-refractivity contribution < 1.29 is 9.53 Å². The fourth-order valence-electron chi connectivity index (χ4n) is 3.00. The summed E-state index contributed by atoms with van der Waals surface area (Å²) in [6, 6.07) is 11.1. The molecule has 0 fully saturated rings. The lowest BCUT2D eigenvalue weighted by Gasteiger charge is -2.14.